The minimum Gasteiger partial charge on any atom is -0.465 e. The number of thiophene rings is 1. The lowest BCUT2D eigenvalue weighted by Gasteiger charge is -2.20. The first-order chi connectivity index (χ1) is 10.5. The van der Waals surface area contributed by atoms with Gasteiger partial charge in [0.1, 0.15) is 5.69 Å². The van der Waals surface area contributed by atoms with Crippen LogP contribution in [0.2, 0.25) is 0 Å². The number of carbonyl (C=O) groups is 2. The summed E-state index contributed by atoms with van der Waals surface area (Å²) in [5.74, 6) is -0.529. The van der Waals surface area contributed by atoms with Crippen molar-refractivity contribution in [3.8, 4) is 0 Å². The molecule has 118 valence electrons. The topological polar surface area (TPSA) is 62.4 Å². The van der Waals surface area contributed by atoms with Gasteiger partial charge in [0.15, 0.2) is 0 Å². The van der Waals surface area contributed by atoms with E-state index in [4.69, 9.17) is 4.74 Å². The SMILES string of the molecule is CCN(Cc1cccs1)C(=O)c1[nH]c(C)c(C(=O)OC)c1C. The Labute approximate surface area is 133 Å². The van der Waals surface area contributed by atoms with Gasteiger partial charge < -0.3 is 14.6 Å². The molecule has 0 radical (unpaired) electrons. The van der Waals surface area contributed by atoms with E-state index in [1.807, 2.05) is 24.4 Å². The van der Waals surface area contributed by atoms with E-state index < -0.39 is 5.97 Å². The molecular formula is C16H20N2O3S. The fourth-order valence-electron chi connectivity index (χ4n) is 2.45. The maximum absolute atomic E-state index is 12.7. The fraction of sp³-hybridized carbons (Fsp3) is 0.375. The van der Waals surface area contributed by atoms with Crippen LogP contribution < -0.4 is 0 Å². The van der Waals surface area contributed by atoms with Gasteiger partial charge in [-0.15, -0.1) is 11.3 Å². The molecule has 6 heteroatoms. The number of hydrogen-bond donors (Lipinski definition) is 1. The summed E-state index contributed by atoms with van der Waals surface area (Å²) in [5.41, 5.74) is 2.19. The van der Waals surface area contributed by atoms with E-state index in [-0.39, 0.29) is 5.91 Å². The minimum atomic E-state index is -0.424. The van der Waals surface area contributed by atoms with Gasteiger partial charge in [0.25, 0.3) is 5.91 Å². The highest BCUT2D eigenvalue weighted by molar-refractivity contribution is 7.09. The number of esters is 1. The summed E-state index contributed by atoms with van der Waals surface area (Å²) in [6.45, 7) is 6.64. The Morgan fingerprint density at radius 2 is 2.09 bits per heavy atom. The normalized spacial score (nSPS) is 10.5. The molecule has 0 bridgehead atoms. The quantitative estimate of drug-likeness (QED) is 0.861. The highest BCUT2D eigenvalue weighted by Gasteiger charge is 2.25. The number of aromatic nitrogens is 1. The molecular weight excluding hydrogens is 300 g/mol. The van der Waals surface area contributed by atoms with Crippen LogP contribution in [0.4, 0.5) is 0 Å². The van der Waals surface area contributed by atoms with Crippen LogP contribution in [0.1, 0.15) is 43.9 Å². The Kier molecular flexibility index (Phi) is 5.03. The first kappa shape index (κ1) is 16.3. The van der Waals surface area contributed by atoms with Crippen LogP contribution in [0.3, 0.4) is 0 Å². The molecule has 0 aliphatic heterocycles. The molecule has 1 amide bonds. The molecule has 2 heterocycles. The van der Waals surface area contributed by atoms with Gasteiger partial charge in [-0.2, -0.15) is 0 Å². The standard InChI is InChI=1S/C16H20N2O3S/c1-5-18(9-12-7-6-8-22-12)15(19)14-10(2)13(11(3)17-14)16(20)21-4/h6-8,17H,5,9H2,1-4H3. The lowest BCUT2D eigenvalue weighted by Crippen LogP contribution is -2.30. The van der Waals surface area contributed by atoms with E-state index >= 15 is 0 Å². The summed E-state index contributed by atoms with van der Waals surface area (Å²) < 4.78 is 4.78. The van der Waals surface area contributed by atoms with Gasteiger partial charge in [-0.05, 0) is 37.8 Å². The van der Waals surface area contributed by atoms with Crippen LogP contribution in [0.5, 0.6) is 0 Å². The number of hydrogen-bond acceptors (Lipinski definition) is 4. The van der Waals surface area contributed by atoms with Crippen LogP contribution in [0, 0.1) is 13.8 Å². The molecule has 0 atom stereocenters. The third kappa shape index (κ3) is 3.06. The molecule has 2 aromatic rings. The van der Waals surface area contributed by atoms with Crippen LogP contribution >= 0.6 is 11.3 Å². The fourth-order valence-corrected chi connectivity index (χ4v) is 3.17. The molecule has 0 unspecified atom stereocenters. The van der Waals surface area contributed by atoms with Gasteiger partial charge in [-0.1, -0.05) is 6.07 Å². The lowest BCUT2D eigenvalue weighted by molar-refractivity contribution is 0.0599. The van der Waals surface area contributed by atoms with Gasteiger partial charge in [-0.25, -0.2) is 4.79 Å². The second kappa shape index (κ2) is 6.79. The number of methoxy groups -OCH3 is 1. The van der Waals surface area contributed by atoms with Gasteiger partial charge >= 0.3 is 5.97 Å². The molecule has 0 aliphatic rings. The van der Waals surface area contributed by atoms with E-state index in [2.05, 4.69) is 4.98 Å². The molecule has 0 saturated carbocycles. The first-order valence-electron chi connectivity index (χ1n) is 7.08. The summed E-state index contributed by atoms with van der Waals surface area (Å²) in [5, 5.41) is 1.99. The highest BCUT2D eigenvalue weighted by Crippen LogP contribution is 2.21. The van der Waals surface area contributed by atoms with Gasteiger partial charge in [0.05, 0.1) is 19.2 Å². The predicted molar refractivity (Wildman–Crippen MR) is 86.3 cm³/mol. The van der Waals surface area contributed by atoms with Crippen molar-refractivity contribution in [2.75, 3.05) is 13.7 Å². The molecule has 0 aromatic carbocycles. The number of carbonyl (C=O) groups excluding carboxylic acids is 2. The van der Waals surface area contributed by atoms with Crippen molar-refractivity contribution >= 4 is 23.2 Å². The van der Waals surface area contributed by atoms with E-state index in [9.17, 15) is 9.59 Å². The van der Waals surface area contributed by atoms with Gasteiger partial charge in [0.2, 0.25) is 0 Å². The third-order valence-corrected chi connectivity index (χ3v) is 4.50. The molecule has 2 aromatic heterocycles. The van der Waals surface area contributed by atoms with Crippen molar-refractivity contribution in [2.45, 2.75) is 27.3 Å². The van der Waals surface area contributed by atoms with Crippen molar-refractivity contribution in [1.82, 2.24) is 9.88 Å². The van der Waals surface area contributed by atoms with Crippen LogP contribution in [-0.4, -0.2) is 35.4 Å². The average Bonchev–Trinajstić information content (AvgIpc) is 3.11. The molecule has 0 saturated heterocycles. The van der Waals surface area contributed by atoms with Gasteiger partial charge in [-0.3, -0.25) is 4.79 Å². The Morgan fingerprint density at radius 1 is 1.36 bits per heavy atom. The number of aromatic amines is 1. The monoisotopic (exact) mass is 320 g/mol. The molecule has 0 spiro atoms. The maximum atomic E-state index is 12.7. The Morgan fingerprint density at radius 3 is 2.64 bits per heavy atom. The number of H-pyrrole nitrogens is 1. The summed E-state index contributed by atoms with van der Waals surface area (Å²) >= 11 is 1.62. The van der Waals surface area contributed by atoms with Crippen molar-refractivity contribution < 1.29 is 14.3 Å². The van der Waals surface area contributed by atoms with Crippen molar-refractivity contribution in [3.05, 3.63) is 44.9 Å². The van der Waals surface area contributed by atoms with Crippen LogP contribution in [-0.2, 0) is 11.3 Å². The van der Waals surface area contributed by atoms with E-state index in [0.717, 1.165) is 4.88 Å². The molecule has 5 nitrogen and oxygen atoms in total. The second-order valence-corrected chi connectivity index (χ2v) is 6.05. The van der Waals surface area contributed by atoms with E-state index in [1.165, 1.54) is 7.11 Å². The second-order valence-electron chi connectivity index (χ2n) is 5.02. The minimum absolute atomic E-state index is 0.105. The molecule has 22 heavy (non-hydrogen) atoms. The van der Waals surface area contributed by atoms with Crippen molar-refractivity contribution in [1.29, 1.82) is 0 Å². The van der Waals surface area contributed by atoms with E-state index in [1.54, 1.807) is 30.1 Å². The Bertz CT molecular complexity index is 674. The number of ether oxygens (including phenoxy) is 1. The summed E-state index contributed by atoms with van der Waals surface area (Å²) in [6.07, 6.45) is 0. The molecule has 2 rings (SSSR count). The zero-order valence-corrected chi connectivity index (χ0v) is 14.0. The zero-order valence-electron chi connectivity index (χ0n) is 13.2. The number of nitrogens with zero attached hydrogens (tertiary/aromatic N) is 1. The lowest BCUT2D eigenvalue weighted by atomic mass is 10.1. The number of aryl methyl sites for hydroxylation is 1. The Balaban J connectivity index is 2.30. The summed E-state index contributed by atoms with van der Waals surface area (Å²) in [7, 11) is 1.34. The Hall–Kier alpha value is -2.08. The third-order valence-electron chi connectivity index (χ3n) is 3.64. The summed E-state index contributed by atoms with van der Waals surface area (Å²) in [6, 6.07) is 3.98. The number of nitrogens with one attached hydrogen (secondary N) is 1. The molecule has 0 aliphatic carbocycles. The highest BCUT2D eigenvalue weighted by atomic mass is 32.1. The van der Waals surface area contributed by atoms with Crippen molar-refractivity contribution in [3.63, 3.8) is 0 Å². The van der Waals surface area contributed by atoms with E-state index in [0.29, 0.717) is 35.6 Å². The maximum Gasteiger partial charge on any atom is 0.339 e. The van der Waals surface area contributed by atoms with Crippen LogP contribution in [0.25, 0.3) is 0 Å². The number of rotatable bonds is 5. The summed E-state index contributed by atoms with van der Waals surface area (Å²) in [4.78, 5) is 30.5. The van der Waals surface area contributed by atoms with Gasteiger partial charge in [0, 0.05) is 17.1 Å². The van der Waals surface area contributed by atoms with Crippen LogP contribution in [0.15, 0.2) is 17.5 Å². The predicted octanol–water partition coefficient (Wildman–Crippen LogP) is 3.14. The first-order valence-corrected chi connectivity index (χ1v) is 7.96. The smallest absolute Gasteiger partial charge is 0.339 e. The zero-order chi connectivity index (χ0) is 16.3. The molecule has 1 N–H and O–H groups in total. The molecule has 0 fully saturated rings. The largest absolute Gasteiger partial charge is 0.465 e. The van der Waals surface area contributed by atoms with Crippen molar-refractivity contribution in [2.24, 2.45) is 0 Å². The number of amides is 1. The average molecular weight is 320 g/mol.